The molecule has 4 aromatic rings. The second-order valence-corrected chi connectivity index (χ2v) is 8.00. The monoisotopic (exact) mass is 474 g/mol. The van der Waals surface area contributed by atoms with Crippen LogP contribution in [0.15, 0.2) is 66.9 Å². The number of hydrogen-bond donors (Lipinski definition) is 2. The number of rotatable bonds is 10. The van der Waals surface area contributed by atoms with E-state index in [1.807, 2.05) is 49.5 Å². The van der Waals surface area contributed by atoms with Gasteiger partial charge in [-0.05, 0) is 48.4 Å². The molecule has 1 amide bonds. The second kappa shape index (κ2) is 10.9. The van der Waals surface area contributed by atoms with Gasteiger partial charge in [0.25, 0.3) is 5.91 Å². The van der Waals surface area contributed by atoms with E-state index in [-0.39, 0.29) is 11.8 Å². The summed E-state index contributed by atoms with van der Waals surface area (Å²) in [4.78, 5) is 16.5. The van der Waals surface area contributed by atoms with Crippen molar-refractivity contribution in [3.63, 3.8) is 0 Å². The molecule has 7 heteroatoms. The lowest BCUT2D eigenvalue weighted by Gasteiger charge is -2.20. The molecule has 2 N–H and O–H groups in total. The third kappa shape index (κ3) is 5.19. The van der Waals surface area contributed by atoms with E-state index in [4.69, 9.17) is 18.9 Å². The smallest absolute Gasteiger partial charge is 0.251 e. The van der Waals surface area contributed by atoms with Gasteiger partial charge >= 0.3 is 0 Å². The molecule has 0 aliphatic carbocycles. The number of methoxy groups -OCH3 is 3. The van der Waals surface area contributed by atoms with Crippen LogP contribution in [0.4, 0.5) is 0 Å². The number of fused-ring (bicyclic) bond motifs is 1. The van der Waals surface area contributed by atoms with Gasteiger partial charge in [-0.15, -0.1) is 0 Å². The predicted octanol–water partition coefficient (Wildman–Crippen LogP) is 5.15. The lowest BCUT2D eigenvalue weighted by Crippen LogP contribution is -2.29. The van der Waals surface area contributed by atoms with Crippen molar-refractivity contribution in [1.82, 2.24) is 10.3 Å². The molecule has 0 bridgehead atoms. The van der Waals surface area contributed by atoms with Gasteiger partial charge in [0.1, 0.15) is 11.5 Å². The summed E-state index contributed by atoms with van der Waals surface area (Å²) < 4.78 is 21.9. The molecule has 1 unspecified atom stereocenters. The van der Waals surface area contributed by atoms with Crippen molar-refractivity contribution in [2.75, 3.05) is 34.5 Å². The molecule has 0 spiro atoms. The van der Waals surface area contributed by atoms with Gasteiger partial charge in [0.15, 0.2) is 11.5 Å². The van der Waals surface area contributed by atoms with E-state index in [0.29, 0.717) is 41.7 Å². The van der Waals surface area contributed by atoms with Crippen LogP contribution in [0, 0.1) is 0 Å². The number of carbonyl (C=O) groups is 1. The molecule has 3 aromatic carbocycles. The van der Waals surface area contributed by atoms with Crippen LogP contribution < -0.4 is 24.3 Å². The number of ether oxygens (including phenoxy) is 4. The van der Waals surface area contributed by atoms with E-state index >= 15 is 0 Å². The lowest BCUT2D eigenvalue weighted by molar-refractivity contribution is 0.0951. The summed E-state index contributed by atoms with van der Waals surface area (Å²) in [7, 11) is 4.74. The van der Waals surface area contributed by atoms with Gasteiger partial charge in [0.2, 0.25) is 0 Å². The average Bonchev–Trinajstić information content (AvgIpc) is 3.33. The first-order valence-corrected chi connectivity index (χ1v) is 11.5. The molecule has 0 aliphatic rings. The maximum Gasteiger partial charge on any atom is 0.251 e. The highest BCUT2D eigenvalue weighted by atomic mass is 16.5. The van der Waals surface area contributed by atoms with Crippen LogP contribution in [0.25, 0.3) is 10.9 Å². The first-order chi connectivity index (χ1) is 17.1. The number of para-hydroxylation sites is 1. The fourth-order valence-electron chi connectivity index (χ4n) is 4.20. The number of aromatic nitrogens is 1. The summed E-state index contributed by atoms with van der Waals surface area (Å²) in [5, 5.41) is 4.19. The molecule has 0 aliphatic heterocycles. The number of hydrogen-bond acceptors (Lipinski definition) is 5. The number of aromatic amines is 1. The largest absolute Gasteiger partial charge is 0.497 e. The molecule has 1 aromatic heterocycles. The van der Waals surface area contributed by atoms with E-state index in [9.17, 15) is 4.79 Å². The van der Waals surface area contributed by atoms with E-state index in [1.165, 1.54) is 0 Å². The van der Waals surface area contributed by atoms with Gasteiger partial charge in [0, 0.05) is 41.2 Å². The Morgan fingerprint density at radius 1 is 0.914 bits per heavy atom. The van der Waals surface area contributed by atoms with E-state index in [2.05, 4.69) is 16.4 Å². The molecule has 182 valence electrons. The summed E-state index contributed by atoms with van der Waals surface area (Å²) in [5.41, 5.74) is 3.58. The molecule has 0 fully saturated rings. The first kappa shape index (κ1) is 24.0. The molecule has 1 atom stereocenters. The minimum absolute atomic E-state index is 0.132. The molecule has 1 heterocycles. The molecule has 7 nitrogen and oxygen atoms in total. The Bertz CT molecular complexity index is 1290. The normalized spacial score (nSPS) is 11.7. The molecule has 0 saturated heterocycles. The molecular formula is C28H30N2O5. The Hall–Kier alpha value is -4.13. The van der Waals surface area contributed by atoms with Crippen LogP contribution in [0.1, 0.15) is 34.3 Å². The Labute approximate surface area is 205 Å². The number of amides is 1. The number of H-pyrrole nitrogens is 1. The Morgan fingerprint density at radius 3 is 2.34 bits per heavy atom. The maximum atomic E-state index is 13.1. The van der Waals surface area contributed by atoms with Crippen LogP contribution >= 0.6 is 0 Å². The van der Waals surface area contributed by atoms with Gasteiger partial charge in [-0.2, -0.15) is 0 Å². The third-order valence-corrected chi connectivity index (χ3v) is 5.97. The summed E-state index contributed by atoms with van der Waals surface area (Å²) in [6, 6.07) is 19.1. The highest BCUT2D eigenvalue weighted by Crippen LogP contribution is 2.36. The van der Waals surface area contributed by atoms with E-state index < -0.39 is 0 Å². The summed E-state index contributed by atoms with van der Waals surface area (Å²) >= 11 is 0. The number of benzene rings is 3. The molecular weight excluding hydrogens is 444 g/mol. The zero-order valence-electron chi connectivity index (χ0n) is 20.4. The van der Waals surface area contributed by atoms with Gasteiger partial charge in [0.05, 0.1) is 27.9 Å². The Morgan fingerprint density at radius 2 is 1.66 bits per heavy atom. The van der Waals surface area contributed by atoms with Crippen molar-refractivity contribution in [3.8, 4) is 23.0 Å². The van der Waals surface area contributed by atoms with E-state index in [1.54, 1.807) is 39.5 Å². The van der Waals surface area contributed by atoms with Crippen molar-refractivity contribution >= 4 is 16.8 Å². The van der Waals surface area contributed by atoms with E-state index in [0.717, 1.165) is 22.0 Å². The van der Waals surface area contributed by atoms with Crippen molar-refractivity contribution in [2.24, 2.45) is 0 Å². The summed E-state index contributed by atoms with van der Waals surface area (Å²) in [6.45, 7) is 2.85. The van der Waals surface area contributed by atoms with Gasteiger partial charge < -0.3 is 29.2 Å². The second-order valence-electron chi connectivity index (χ2n) is 8.00. The third-order valence-electron chi connectivity index (χ3n) is 5.97. The fraction of sp³-hybridized carbons (Fsp3) is 0.250. The zero-order valence-corrected chi connectivity index (χ0v) is 20.4. The number of carbonyl (C=O) groups excluding carboxylic acids is 1. The SMILES string of the molecule is CCOc1ccc(C(CNC(=O)c2cc(OC)cc(OC)c2)c2c[nH]c3ccccc23)cc1OC. The molecule has 35 heavy (non-hydrogen) atoms. The van der Waals surface area contributed by atoms with Crippen molar-refractivity contribution in [1.29, 1.82) is 0 Å². The molecule has 4 rings (SSSR count). The topological polar surface area (TPSA) is 81.8 Å². The fourth-order valence-corrected chi connectivity index (χ4v) is 4.20. The van der Waals surface area contributed by atoms with Gasteiger partial charge in [-0.3, -0.25) is 4.79 Å². The van der Waals surface area contributed by atoms with Crippen molar-refractivity contribution in [2.45, 2.75) is 12.8 Å². The first-order valence-electron chi connectivity index (χ1n) is 11.5. The van der Waals surface area contributed by atoms with Crippen molar-refractivity contribution < 1.29 is 23.7 Å². The van der Waals surface area contributed by atoms with Crippen LogP contribution in [0.3, 0.4) is 0 Å². The predicted molar refractivity (Wildman–Crippen MR) is 136 cm³/mol. The average molecular weight is 475 g/mol. The molecule has 0 radical (unpaired) electrons. The van der Waals surface area contributed by atoms with Crippen LogP contribution in [-0.2, 0) is 0 Å². The maximum absolute atomic E-state index is 13.1. The Balaban J connectivity index is 1.69. The van der Waals surface area contributed by atoms with Crippen LogP contribution in [-0.4, -0.2) is 45.4 Å². The summed E-state index contributed by atoms with van der Waals surface area (Å²) in [6.07, 6.45) is 2.00. The van der Waals surface area contributed by atoms with Gasteiger partial charge in [-0.1, -0.05) is 24.3 Å². The zero-order chi connectivity index (χ0) is 24.8. The van der Waals surface area contributed by atoms with Gasteiger partial charge in [-0.25, -0.2) is 0 Å². The summed E-state index contributed by atoms with van der Waals surface area (Å²) in [5.74, 6) is 2.09. The highest BCUT2D eigenvalue weighted by Gasteiger charge is 2.21. The van der Waals surface area contributed by atoms with Crippen molar-refractivity contribution in [3.05, 3.63) is 83.6 Å². The minimum Gasteiger partial charge on any atom is -0.497 e. The lowest BCUT2D eigenvalue weighted by atomic mass is 9.90. The van der Waals surface area contributed by atoms with Crippen LogP contribution in [0.2, 0.25) is 0 Å². The Kier molecular flexibility index (Phi) is 7.45. The number of nitrogens with one attached hydrogen (secondary N) is 2. The standard InChI is InChI=1S/C28H30N2O5/c1-5-35-26-11-10-18(14-27(26)34-4)23(24-17-29-25-9-7-6-8-22(24)25)16-30-28(31)19-12-20(32-2)15-21(13-19)33-3/h6-15,17,23,29H,5,16H2,1-4H3,(H,30,31). The minimum atomic E-state index is -0.218. The highest BCUT2D eigenvalue weighted by molar-refractivity contribution is 5.95. The molecule has 0 saturated carbocycles. The quantitative estimate of drug-likeness (QED) is 0.332. The van der Waals surface area contributed by atoms with Crippen LogP contribution in [0.5, 0.6) is 23.0 Å².